The molecule has 42 heavy (non-hydrogen) atoms. The Balaban J connectivity index is 1.61. The zero-order valence-corrected chi connectivity index (χ0v) is 26.1. The maximum atomic E-state index is 14.6. The van der Waals surface area contributed by atoms with Crippen molar-refractivity contribution >= 4 is 29.3 Å². The molecule has 1 spiro atoms. The summed E-state index contributed by atoms with van der Waals surface area (Å²) >= 11 is 1.70. The highest BCUT2D eigenvalue weighted by Crippen LogP contribution is 2.64. The number of esters is 1. The monoisotopic (exact) mass is 588 g/mol. The SMILES string of the molecule is C=CCCN1C(=O)[C@H](SC(C)(C)C)[C@@]23c4ccccc4N(Cc4ccc(OC)cc4)[C@H]2C2=C(C[C@H]13)OC(C)(C)OC2=O. The van der Waals surface area contributed by atoms with Crippen molar-refractivity contribution in [2.75, 3.05) is 18.6 Å². The smallest absolute Gasteiger partial charge is 0.342 e. The lowest BCUT2D eigenvalue weighted by atomic mass is 9.63. The summed E-state index contributed by atoms with van der Waals surface area (Å²) in [6, 6.07) is 15.7. The van der Waals surface area contributed by atoms with E-state index in [0.29, 0.717) is 37.3 Å². The van der Waals surface area contributed by atoms with E-state index in [-0.39, 0.29) is 22.7 Å². The van der Waals surface area contributed by atoms with Crippen molar-refractivity contribution in [1.29, 1.82) is 0 Å². The van der Waals surface area contributed by atoms with E-state index in [1.807, 2.05) is 29.2 Å². The fraction of sp³-hybridized carbons (Fsp3) is 0.471. The van der Waals surface area contributed by atoms with Gasteiger partial charge in [0, 0.05) is 43.8 Å². The van der Waals surface area contributed by atoms with Crippen LogP contribution in [0.4, 0.5) is 5.69 Å². The number of methoxy groups -OCH3 is 1. The summed E-state index contributed by atoms with van der Waals surface area (Å²) in [6.07, 6.45) is 3.01. The van der Waals surface area contributed by atoms with Gasteiger partial charge in [0.15, 0.2) is 0 Å². The maximum Gasteiger partial charge on any atom is 0.342 e. The summed E-state index contributed by atoms with van der Waals surface area (Å²) in [5.74, 6) is 0.0730. The molecule has 2 aromatic carbocycles. The Morgan fingerprint density at radius 2 is 1.79 bits per heavy atom. The van der Waals surface area contributed by atoms with Gasteiger partial charge in [-0.05, 0) is 35.7 Å². The van der Waals surface area contributed by atoms with E-state index in [1.54, 1.807) is 32.7 Å². The molecule has 0 N–H and O–H groups in total. The topological polar surface area (TPSA) is 68.3 Å². The third-order valence-corrected chi connectivity index (χ3v) is 10.3. The average molecular weight is 589 g/mol. The number of thioether (sulfide) groups is 1. The van der Waals surface area contributed by atoms with Crippen LogP contribution in [0, 0.1) is 0 Å². The molecule has 4 atom stereocenters. The number of ether oxygens (including phenoxy) is 3. The number of hydrogen-bond donors (Lipinski definition) is 0. The molecule has 1 fully saturated rings. The minimum Gasteiger partial charge on any atom is -0.497 e. The third-order valence-electron chi connectivity index (χ3n) is 8.75. The summed E-state index contributed by atoms with van der Waals surface area (Å²) in [5, 5.41) is -0.406. The average Bonchev–Trinajstić information content (AvgIpc) is 3.33. The predicted octanol–water partition coefficient (Wildman–Crippen LogP) is 5.98. The van der Waals surface area contributed by atoms with Crippen molar-refractivity contribution in [3.8, 4) is 5.75 Å². The van der Waals surface area contributed by atoms with Gasteiger partial charge in [-0.2, -0.15) is 0 Å². The summed E-state index contributed by atoms with van der Waals surface area (Å²) in [6.45, 7) is 15.0. The zero-order chi connectivity index (χ0) is 30.0. The molecule has 6 rings (SSSR count). The molecule has 4 aliphatic rings. The van der Waals surface area contributed by atoms with Crippen LogP contribution < -0.4 is 9.64 Å². The molecule has 0 unspecified atom stereocenters. The van der Waals surface area contributed by atoms with Crippen LogP contribution >= 0.6 is 11.8 Å². The first-order chi connectivity index (χ1) is 19.9. The lowest BCUT2D eigenvalue weighted by molar-refractivity contribution is -0.211. The summed E-state index contributed by atoms with van der Waals surface area (Å²) < 4.78 is 17.5. The lowest BCUT2D eigenvalue weighted by Crippen LogP contribution is -2.62. The zero-order valence-electron chi connectivity index (χ0n) is 25.3. The van der Waals surface area contributed by atoms with Gasteiger partial charge in [0.2, 0.25) is 11.7 Å². The van der Waals surface area contributed by atoms with Crippen molar-refractivity contribution < 1.29 is 23.8 Å². The van der Waals surface area contributed by atoms with Crippen molar-refractivity contribution in [3.05, 3.63) is 83.6 Å². The Bertz CT molecular complexity index is 1460. The van der Waals surface area contributed by atoms with Gasteiger partial charge in [0.05, 0.1) is 35.4 Å². The third kappa shape index (κ3) is 4.41. The van der Waals surface area contributed by atoms with Gasteiger partial charge in [0.25, 0.3) is 0 Å². The summed E-state index contributed by atoms with van der Waals surface area (Å²) in [7, 11) is 1.66. The second-order valence-electron chi connectivity index (χ2n) is 13.0. The van der Waals surface area contributed by atoms with Crippen molar-refractivity contribution in [2.45, 2.75) is 87.3 Å². The van der Waals surface area contributed by atoms with Gasteiger partial charge in [0.1, 0.15) is 11.5 Å². The quantitative estimate of drug-likeness (QED) is 0.291. The van der Waals surface area contributed by atoms with E-state index < -0.39 is 22.5 Å². The van der Waals surface area contributed by atoms with Gasteiger partial charge < -0.3 is 24.0 Å². The predicted molar refractivity (Wildman–Crippen MR) is 165 cm³/mol. The van der Waals surface area contributed by atoms with Crippen LogP contribution in [0.15, 0.2) is 72.5 Å². The number of benzene rings is 2. The Morgan fingerprint density at radius 1 is 1.07 bits per heavy atom. The maximum absolute atomic E-state index is 14.6. The highest BCUT2D eigenvalue weighted by atomic mass is 32.2. The number of carbonyl (C=O) groups is 2. The Kier molecular flexibility index (Phi) is 6.91. The van der Waals surface area contributed by atoms with Crippen LogP contribution in [0.1, 0.15) is 58.6 Å². The number of fused-ring (bicyclic) bond motifs is 2. The van der Waals surface area contributed by atoms with Crippen LogP contribution in [0.5, 0.6) is 5.75 Å². The van der Waals surface area contributed by atoms with Crippen LogP contribution in [-0.2, 0) is 31.0 Å². The largest absolute Gasteiger partial charge is 0.497 e. The highest BCUT2D eigenvalue weighted by Gasteiger charge is 2.72. The minimum atomic E-state index is -1.09. The molecular weight excluding hydrogens is 548 g/mol. The molecule has 3 heterocycles. The van der Waals surface area contributed by atoms with Crippen molar-refractivity contribution in [2.24, 2.45) is 0 Å². The molecule has 0 bridgehead atoms. The van der Waals surface area contributed by atoms with Gasteiger partial charge in [-0.25, -0.2) is 4.79 Å². The standard InChI is InChI=1S/C34H40N2O5S/c1-8-9-18-35-26-19-25-27(31(38)41-33(5,6)40-25)28-34(26,29(30(35)37)42-32(2,3)4)23-12-10-11-13-24(23)36(28)20-21-14-16-22(39-7)17-15-21/h8,10-17,26,28-29H,1,9,18-20H2,2-7H3/t26-,28-,29-,34+/m0/s1. The summed E-state index contributed by atoms with van der Waals surface area (Å²) in [4.78, 5) is 33.0. The number of likely N-dealkylation sites (tertiary alicyclic amines) is 1. The van der Waals surface area contributed by atoms with Crippen LogP contribution in [0.3, 0.4) is 0 Å². The number of nitrogens with zero attached hydrogens (tertiary/aromatic N) is 2. The number of cyclic esters (lactones) is 1. The number of para-hydroxylation sites is 1. The molecule has 0 saturated carbocycles. The van der Waals surface area contributed by atoms with E-state index in [1.165, 1.54) is 0 Å². The first-order valence-corrected chi connectivity index (χ1v) is 15.5. The molecule has 7 nitrogen and oxygen atoms in total. The Labute approximate surface area is 252 Å². The molecular formula is C34H40N2O5S. The van der Waals surface area contributed by atoms with Crippen LogP contribution in [0.25, 0.3) is 0 Å². The first kappa shape index (κ1) is 28.7. The van der Waals surface area contributed by atoms with E-state index in [2.05, 4.69) is 62.6 Å². The Morgan fingerprint density at radius 3 is 2.45 bits per heavy atom. The molecule has 3 aliphatic heterocycles. The molecule has 222 valence electrons. The Hall–Kier alpha value is -3.39. The minimum absolute atomic E-state index is 0.111. The molecule has 1 saturated heterocycles. The number of rotatable bonds is 7. The van der Waals surface area contributed by atoms with Crippen LogP contribution in [0.2, 0.25) is 0 Å². The fourth-order valence-corrected chi connectivity index (χ4v) is 8.90. The van der Waals surface area contributed by atoms with Gasteiger partial charge in [-0.3, -0.25) is 4.79 Å². The van der Waals surface area contributed by atoms with Gasteiger partial charge in [-0.1, -0.05) is 57.2 Å². The molecule has 2 aromatic rings. The lowest BCUT2D eigenvalue weighted by Gasteiger charge is -2.50. The van der Waals surface area contributed by atoms with E-state index in [9.17, 15) is 9.59 Å². The number of anilines is 1. The second-order valence-corrected chi connectivity index (χ2v) is 14.9. The molecule has 8 heteroatoms. The highest BCUT2D eigenvalue weighted by molar-refractivity contribution is 8.02. The van der Waals surface area contributed by atoms with Gasteiger partial charge in [-0.15, -0.1) is 18.3 Å². The summed E-state index contributed by atoms with van der Waals surface area (Å²) in [5.41, 5.74) is 3.06. The molecule has 0 radical (unpaired) electrons. The molecule has 1 amide bonds. The number of hydrogen-bond acceptors (Lipinski definition) is 7. The van der Waals surface area contributed by atoms with Crippen molar-refractivity contribution in [1.82, 2.24) is 4.90 Å². The second kappa shape index (κ2) is 10.1. The molecule has 1 aliphatic carbocycles. The van der Waals surface area contributed by atoms with Crippen molar-refractivity contribution in [3.63, 3.8) is 0 Å². The number of carbonyl (C=O) groups excluding carboxylic acids is 2. The van der Waals surface area contributed by atoms with E-state index >= 15 is 0 Å². The number of amides is 1. The van der Waals surface area contributed by atoms with E-state index in [0.717, 1.165) is 22.6 Å². The fourth-order valence-electron chi connectivity index (χ4n) is 7.35. The van der Waals surface area contributed by atoms with Gasteiger partial charge >= 0.3 is 5.97 Å². The van der Waals surface area contributed by atoms with E-state index in [4.69, 9.17) is 14.2 Å². The normalized spacial score (nSPS) is 27.5. The molecule has 0 aromatic heterocycles. The first-order valence-electron chi connectivity index (χ1n) is 14.6. The van der Waals surface area contributed by atoms with Crippen LogP contribution in [-0.4, -0.2) is 58.3 Å².